The predicted molar refractivity (Wildman–Crippen MR) is 96.8 cm³/mol. The summed E-state index contributed by atoms with van der Waals surface area (Å²) in [6, 6.07) is 13.5. The number of carbonyl (C=O) groups excluding carboxylic acids is 1. The quantitative estimate of drug-likeness (QED) is 0.805. The second-order valence-corrected chi connectivity index (χ2v) is 6.22. The number of anilines is 1. The van der Waals surface area contributed by atoms with Gasteiger partial charge in [-0.3, -0.25) is 4.79 Å². The number of carbonyl (C=O) groups is 1. The molecule has 0 spiro atoms. The van der Waals surface area contributed by atoms with Gasteiger partial charge in [0, 0.05) is 19.6 Å². The molecule has 1 amide bonds. The first-order valence-electron chi connectivity index (χ1n) is 8.51. The number of nitrogens with zero attached hydrogens (tertiary/aromatic N) is 3. The van der Waals surface area contributed by atoms with Crippen LogP contribution in [0.15, 0.2) is 42.5 Å². The molecule has 0 unspecified atom stereocenters. The number of benzene rings is 1. The average Bonchev–Trinajstić information content (AvgIpc) is 2.60. The highest BCUT2D eigenvalue weighted by atomic mass is 16.2. The van der Waals surface area contributed by atoms with Gasteiger partial charge in [-0.1, -0.05) is 44.2 Å². The van der Waals surface area contributed by atoms with E-state index in [0.717, 1.165) is 18.5 Å². The maximum absolute atomic E-state index is 12.6. The van der Waals surface area contributed by atoms with E-state index in [0.29, 0.717) is 30.5 Å². The topological polar surface area (TPSA) is 58.1 Å². The van der Waals surface area contributed by atoms with Gasteiger partial charge >= 0.3 is 0 Å². The molecule has 1 heterocycles. The Morgan fingerprint density at radius 3 is 2.46 bits per heavy atom. The Morgan fingerprint density at radius 1 is 1.12 bits per heavy atom. The molecule has 128 valence electrons. The third kappa shape index (κ3) is 5.33. The fourth-order valence-corrected chi connectivity index (χ4v) is 2.32. The molecule has 1 aromatic heterocycles. The van der Waals surface area contributed by atoms with Crippen LogP contribution in [0.5, 0.6) is 0 Å². The van der Waals surface area contributed by atoms with Crippen molar-refractivity contribution in [1.29, 1.82) is 0 Å². The second-order valence-electron chi connectivity index (χ2n) is 6.22. The fraction of sp³-hybridized carbons (Fsp3) is 0.421. The van der Waals surface area contributed by atoms with E-state index in [1.807, 2.05) is 43.3 Å². The lowest BCUT2D eigenvalue weighted by molar-refractivity contribution is 0.0745. The van der Waals surface area contributed by atoms with Crippen molar-refractivity contribution in [2.75, 3.05) is 18.4 Å². The van der Waals surface area contributed by atoms with E-state index in [9.17, 15) is 4.79 Å². The lowest BCUT2D eigenvalue weighted by atomic mass is 10.1. The number of aromatic nitrogens is 2. The van der Waals surface area contributed by atoms with Gasteiger partial charge in [-0.2, -0.15) is 0 Å². The van der Waals surface area contributed by atoms with Crippen LogP contribution < -0.4 is 5.32 Å². The van der Waals surface area contributed by atoms with Crippen LogP contribution in [0, 0.1) is 5.92 Å². The summed E-state index contributed by atoms with van der Waals surface area (Å²) < 4.78 is 0. The molecule has 0 aliphatic heterocycles. The molecule has 0 saturated carbocycles. The third-order valence-corrected chi connectivity index (χ3v) is 3.80. The Balaban J connectivity index is 1.97. The standard InChI is InChI=1S/C19H26N4O/c1-4-23(14-16-8-6-5-7-9-16)19(24)17-10-11-18(22-21-17)20-13-12-15(2)3/h5-11,15H,4,12-14H2,1-3H3,(H,20,22). The Labute approximate surface area is 144 Å². The van der Waals surface area contributed by atoms with Crippen molar-refractivity contribution in [2.24, 2.45) is 5.92 Å². The lowest BCUT2D eigenvalue weighted by Crippen LogP contribution is -2.31. The molecular formula is C19H26N4O. The summed E-state index contributed by atoms with van der Waals surface area (Å²) in [4.78, 5) is 14.4. The van der Waals surface area contributed by atoms with E-state index in [1.165, 1.54) is 0 Å². The first-order chi connectivity index (χ1) is 11.6. The van der Waals surface area contributed by atoms with Gasteiger partial charge in [-0.05, 0) is 37.0 Å². The molecule has 2 aromatic rings. The van der Waals surface area contributed by atoms with E-state index in [4.69, 9.17) is 0 Å². The zero-order valence-corrected chi connectivity index (χ0v) is 14.7. The molecule has 1 aromatic carbocycles. The average molecular weight is 326 g/mol. The zero-order chi connectivity index (χ0) is 17.4. The highest BCUT2D eigenvalue weighted by molar-refractivity contribution is 5.92. The first-order valence-corrected chi connectivity index (χ1v) is 8.51. The van der Waals surface area contributed by atoms with Crippen LogP contribution in [-0.2, 0) is 6.54 Å². The Bertz CT molecular complexity index is 626. The van der Waals surface area contributed by atoms with Gasteiger partial charge in [0.05, 0.1) is 0 Å². The minimum Gasteiger partial charge on any atom is -0.369 e. The maximum atomic E-state index is 12.6. The molecule has 5 heteroatoms. The van der Waals surface area contributed by atoms with E-state index in [-0.39, 0.29) is 5.91 Å². The van der Waals surface area contributed by atoms with Gasteiger partial charge in [0.2, 0.25) is 0 Å². The van der Waals surface area contributed by atoms with Gasteiger partial charge in [-0.15, -0.1) is 10.2 Å². The van der Waals surface area contributed by atoms with Gasteiger partial charge in [-0.25, -0.2) is 0 Å². The predicted octanol–water partition coefficient (Wildman–Crippen LogP) is 3.60. The summed E-state index contributed by atoms with van der Waals surface area (Å²) in [5, 5.41) is 11.4. The molecule has 2 rings (SSSR count). The molecule has 0 saturated heterocycles. The van der Waals surface area contributed by atoms with Crippen LogP contribution in [0.1, 0.15) is 43.2 Å². The van der Waals surface area contributed by atoms with Crippen molar-refractivity contribution >= 4 is 11.7 Å². The summed E-state index contributed by atoms with van der Waals surface area (Å²) in [7, 11) is 0. The molecular weight excluding hydrogens is 300 g/mol. The van der Waals surface area contributed by atoms with Crippen LogP contribution in [0.25, 0.3) is 0 Å². The Morgan fingerprint density at radius 2 is 1.88 bits per heavy atom. The molecule has 24 heavy (non-hydrogen) atoms. The smallest absolute Gasteiger partial charge is 0.274 e. The molecule has 0 aliphatic rings. The normalized spacial score (nSPS) is 10.7. The highest BCUT2D eigenvalue weighted by Crippen LogP contribution is 2.10. The fourth-order valence-electron chi connectivity index (χ4n) is 2.32. The molecule has 1 N–H and O–H groups in total. The number of amides is 1. The summed E-state index contributed by atoms with van der Waals surface area (Å²) in [6.07, 6.45) is 1.07. The van der Waals surface area contributed by atoms with E-state index in [2.05, 4.69) is 29.4 Å². The lowest BCUT2D eigenvalue weighted by Gasteiger charge is -2.20. The SMILES string of the molecule is CCN(Cc1ccccc1)C(=O)c1ccc(NCCC(C)C)nn1. The summed E-state index contributed by atoms with van der Waals surface area (Å²) in [5.74, 6) is 1.25. The van der Waals surface area contributed by atoms with Crippen molar-refractivity contribution < 1.29 is 4.79 Å². The van der Waals surface area contributed by atoms with Crippen molar-refractivity contribution in [3.05, 3.63) is 53.7 Å². The number of nitrogens with one attached hydrogen (secondary N) is 1. The largest absolute Gasteiger partial charge is 0.369 e. The van der Waals surface area contributed by atoms with E-state index < -0.39 is 0 Å². The number of rotatable bonds is 8. The van der Waals surface area contributed by atoms with E-state index >= 15 is 0 Å². The summed E-state index contributed by atoms with van der Waals surface area (Å²) in [6.45, 7) is 8.39. The van der Waals surface area contributed by atoms with Crippen LogP contribution >= 0.6 is 0 Å². The molecule has 5 nitrogen and oxygen atoms in total. The van der Waals surface area contributed by atoms with Crippen LogP contribution in [0.4, 0.5) is 5.82 Å². The van der Waals surface area contributed by atoms with Crippen molar-refractivity contribution in [3.8, 4) is 0 Å². The molecule has 0 radical (unpaired) electrons. The maximum Gasteiger partial charge on any atom is 0.274 e. The monoisotopic (exact) mass is 326 g/mol. The molecule has 0 aliphatic carbocycles. The minimum atomic E-state index is -0.0948. The minimum absolute atomic E-state index is 0.0948. The van der Waals surface area contributed by atoms with Crippen LogP contribution in [0.3, 0.4) is 0 Å². The molecule has 0 bridgehead atoms. The van der Waals surface area contributed by atoms with Crippen molar-refractivity contribution in [2.45, 2.75) is 33.7 Å². The zero-order valence-electron chi connectivity index (χ0n) is 14.7. The van der Waals surface area contributed by atoms with Crippen molar-refractivity contribution in [3.63, 3.8) is 0 Å². The molecule has 0 fully saturated rings. The van der Waals surface area contributed by atoms with Gasteiger partial charge in [0.25, 0.3) is 5.91 Å². The van der Waals surface area contributed by atoms with Gasteiger partial charge < -0.3 is 10.2 Å². The Hall–Kier alpha value is -2.43. The van der Waals surface area contributed by atoms with Crippen LogP contribution in [0.2, 0.25) is 0 Å². The van der Waals surface area contributed by atoms with Crippen LogP contribution in [-0.4, -0.2) is 34.1 Å². The van der Waals surface area contributed by atoms with Crippen molar-refractivity contribution in [1.82, 2.24) is 15.1 Å². The highest BCUT2D eigenvalue weighted by Gasteiger charge is 2.16. The van der Waals surface area contributed by atoms with Gasteiger partial charge in [0.15, 0.2) is 5.69 Å². The van der Waals surface area contributed by atoms with E-state index in [1.54, 1.807) is 11.0 Å². The Kier molecular flexibility index (Phi) is 6.73. The molecule has 0 atom stereocenters. The van der Waals surface area contributed by atoms with Gasteiger partial charge in [0.1, 0.15) is 5.82 Å². The first kappa shape index (κ1) is 17.9. The second kappa shape index (κ2) is 9.01. The third-order valence-electron chi connectivity index (χ3n) is 3.80. The summed E-state index contributed by atoms with van der Waals surface area (Å²) >= 11 is 0. The number of hydrogen-bond acceptors (Lipinski definition) is 4. The number of hydrogen-bond donors (Lipinski definition) is 1. The summed E-state index contributed by atoms with van der Waals surface area (Å²) in [5.41, 5.74) is 1.48.